The molecule has 1 aliphatic heterocycles. The van der Waals surface area contributed by atoms with Crippen molar-refractivity contribution in [3.63, 3.8) is 0 Å². The summed E-state index contributed by atoms with van der Waals surface area (Å²) >= 11 is 0. The lowest BCUT2D eigenvalue weighted by Gasteiger charge is -2.33. The number of nitrogens with one attached hydrogen (secondary N) is 1. The van der Waals surface area contributed by atoms with Gasteiger partial charge < -0.3 is 14.7 Å². The second kappa shape index (κ2) is 8.92. The monoisotopic (exact) mass is 404 g/mol. The number of para-hydroxylation sites is 1. The van der Waals surface area contributed by atoms with Crippen LogP contribution in [0.2, 0.25) is 0 Å². The van der Waals surface area contributed by atoms with Crippen molar-refractivity contribution in [1.29, 1.82) is 0 Å². The van der Waals surface area contributed by atoms with Crippen LogP contribution in [0.5, 0.6) is 0 Å². The van der Waals surface area contributed by atoms with E-state index >= 15 is 0 Å². The van der Waals surface area contributed by atoms with E-state index in [-0.39, 0.29) is 17.6 Å². The first-order valence-electron chi connectivity index (χ1n) is 9.99. The van der Waals surface area contributed by atoms with Crippen LogP contribution in [0.3, 0.4) is 0 Å². The number of carbonyl (C=O) groups is 2. The van der Waals surface area contributed by atoms with E-state index in [9.17, 15) is 9.59 Å². The van der Waals surface area contributed by atoms with E-state index in [1.54, 1.807) is 11.0 Å². The summed E-state index contributed by atoms with van der Waals surface area (Å²) in [7, 11) is 0. The van der Waals surface area contributed by atoms with Crippen LogP contribution in [0, 0.1) is 6.92 Å². The predicted molar refractivity (Wildman–Crippen MR) is 114 cm³/mol. The fourth-order valence-electron chi connectivity index (χ4n) is 3.43. The molecule has 2 amide bonds. The summed E-state index contributed by atoms with van der Waals surface area (Å²) in [6.45, 7) is 4.67. The maximum absolute atomic E-state index is 12.8. The topological polar surface area (TPSA) is 78.7 Å². The number of piperazine rings is 1. The Labute approximate surface area is 175 Å². The summed E-state index contributed by atoms with van der Waals surface area (Å²) in [6, 6.07) is 19.0. The zero-order valence-electron chi connectivity index (χ0n) is 16.9. The number of hydrogen-bond acceptors (Lipinski definition) is 5. The maximum Gasteiger partial charge on any atom is 0.292 e. The van der Waals surface area contributed by atoms with Gasteiger partial charge in [0.2, 0.25) is 11.7 Å². The van der Waals surface area contributed by atoms with E-state index in [0.717, 1.165) is 16.8 Å². The van der Waals surface area contributed by atoms with Crippen molar-refractivity contribution in [1.82, 2.24) is 15.0 Å². The Morgan fingerprint density at radius 3 is 2.40 bits per heavy atom. The standard InChI is InChI=1S/C23H24N4O3/c1-17-7-9-18(10-8-17)20-15-21(30-25-20)23(29)27-13-11-26(12-14-27)16-22(28)24-19-5-3-2-4-6-19/h2-10,15H,11-14,16H2,1H3,(H,24,28). The quantitative estimate of drug-likeness (QED) is 0.707. The molecule has 1 N–H and O–H groups in total. The molecule has 4 rings (SSSR count). The molecule has 30 heavy (non-hydrogen) atoms. The third-order valence-electron chi connectivity index (χ3n) is 5.15. The third kappa shape index (κ3) is 4.75. The lowest BCUT2D eigenvalue weighted by molar-refractivity contribution is -0.117. The Bertz CT molecular complexity index is 1010. The molecule has 1 saturated heterocycles. The van der Waals surface area contributed by atoms with Gasteiger partial charge in [0.05, 0.1) is 6.54 Å². The zero-order chi connectivity index (χ0) is 20.9. The van der Waals surface area contributed by atoms with Gasteiger partial charge >= 0.3 is 0 Å². The van der Waals surface area contributed by atoms with Gasteiger partial charge in [-0.05, 0) is 19.1 Å². The SMILES string of the molecule is Cc1ccc(-c2cc(C(=O)N3CCN(CC(=O)Nc4ccccc4)CC3)on2)cc1. The van der Waals surface area contributed by atoms with Gasteiger partial charge in [0, 0.05) is 43.5 Å². The summed E-state index contributed by atoms with van der Waals surface area (Å²) in [5, 5.41) is 6.93. The second-order valence-electron chi connectivity index (χ2n) is 7.42. The number of nitrogens with zero attached hydrogens (tertiary/aromatic N) is 3. The van der Waals surface area contributed by atoms with Crippen LogP contribution in [0.4, 0.5) is 5.69 Å². The molecule has 7 heteroatoms. The average molecular weight is 404 g/mol. The number of hydrogen-bond donors (Lipinski definition) is 1. The largest absolute Gasteiger partial charge is 0.350 e. The second-order valence-corrected chi connectivity index (χ2v) is 7.42. The molecule has 0 aliphatic carbocycles. The number of aromatic nitrogens is 1. The normalized spacial score (nSPS) is 14.5. The van der Waals surface area contributed by atoms with Crippen molar-refractivity contribution in [3.8, 4) is 11.3 Å². The van der Waals surface area contributed by atoms with Crippen LogP contribution in [-0.4, -0.2) is 59.5 Å². The molecule has 2 aromatic carbocycles. The minimum Gasteiger partial charge on any atom is -0.350 e. The summed E-state index contributed by atoms with van der Waals surface area (Å²) < 4.78 is 5.30. The minimum atomic E-state index is -0.172. The number of carbonyl (C=O) groups excluding carboxylic acids is 2. The average Bonchev–Trinajstić information content (AvgIpc) is 3.25. The summed E-state index contributed by atoms with van der Waals surface area (Å²) in [5.41, 5.74) is 3.51. The van der Waals surface area contributed by atoms with E-state index in [0.29, 0.717) is 38.4 Å². The first-order chi connectivity index (χ1) is 14.6. The van der Waals surface area contributed by atoms with E-state index in [4.69, 9.17) is 4.52 Å². The van der Waals surface area contributed by atoms with Crippen LogP contribution in [0.15, 0.2) is 65.2 Å². The molecule has 1 aliphatic rings. The molecule has 0 radical (unpaired) electrons. The Kier molecular flexibility index (Phi) is 5.90. The van der Waals surface area contributed by atoms with E-state index in [1.807, 2.05) is 66.4 Å². The van der Waals surface area contributed by atoms with Crippen LogP contribution in [-0.2, 0) is 4.79 Å². The highest BCUT2D eigenvalue weighted by molar-refractivity contribution is 5.93. The molecule has 7 nitrogen and oxygen atoms in total. The Balaban J connectivity index is 1.29. The molecule has 1 aromatic heterocycles. The molecule has 0 spiro atoms. The molecule has 0 atom stereocenters. The number of aryl methyl sites for hydroxylation is 1. The number of anilines is 1. The first-order valence-corrected chi connectivity index (χ1v) is 9.99. The Morgan fingerprint density at radius 1 is 1.00 bits per heavy atom. The van der Waals surface area contributed by atoms with Gasteiger partial charge in [-0.3, -0.25) is 14.5 Å². The van der Waals surface area contributed by atoms with Crippen LogP contribution in [0.25, 0.3) is 11.3 Å². The van der Waals surface area contributed by atoms with Gasteiger partial charge in [0.1, 0.15) is 5.69 Å². The predicted octanol–water partition coefficient (Wildman–Crippen LogP) is 3.05. The van der Waals surface area contributed by atoms with Crippen molar-refractivity contribution in [2.45, 2.75) is 6.92 Å². The lowest BCUT2D eigenvalue weighted by Crippen LogP contribution is -2.50. The maximum atomic E-state index is 12.8. The van der Waals surface area contributed by atoms with Gasteiger partial charge in [-0.15, -0.1) is 0 Å². The summed E-state index contributed by atoms with van der Waals surface area (Å²) in [6.07, 6.45) is 0. The van der Waals surface area contributed by atoms with Crippen LogP contribution >= 0.6 is 0 Å². The van der Waals surface area contributed by atoms with Gasteiger partial charge in [-0.1, -0.05) is 53.2 Å². The van der Waals surface area contributed by atoms with Crippen molar-refractivity contribution >= 4 is 17.5 Å². The Hall–Kier alpha value is -3.45. The molecule has 154 valence electrons. The zero-order valence-corrected chi connectivity index (χ0v) is 16.9. The highest BCUT2D eigenvalue weighted by atomic mass is 16.5. The molecule has 0 unspecified atom stereocenters. The van der Waals surface area contributed by atoms with Gasteiger partial charge in [-0.25, -0.2) is 0 Å². The third-order valence-corrected chi connectivity index (χ3v) is 5.15. The Morgan fingerprint density at radius 2 is 1.70 bits per heavy atom. The molecule has 0 saturated carbocycles. The summed E-state index contributed by atoms with van der Waals surface area (Å²) in [5.74, 6) is 0.00838. The van der Waals surface area contributed by atoms with Gasteiger partial charge in [-0.2, -0.15) is 0 Å². The smallest absolute Gasteiger partial charge is 0.292 e. The van der Waals surface area contributed by atoms with E-state index in [1.165, 1.54) is 0 Å². The highest BCUT2D eigenvalue weighted by Crippen LogP contribution is 2.21. The van der Waals surface area contributed by atoms with Gasteiger partial charge in [0.15, 0.2) is 0 Å². The van der Waals surface area contributed by atoms with E-state index in [2.05, 4.69) is 10.5 Å². The van der Waals surface area contributed by atoms with Crippen molar-refractivity contribution in [3.05, 3.63) is 72.0 Å². The fraction of sp³-hybridized carbons (Fsp3) is 0.261. The fourth-order valence-corrected chi connectivity index (χ4v) is 3.43. The lowest BCUT2D eigenvalue weighted by atomic mass is 10.1. The van der Waals surface area contributed by atoms with Gasteiger partial charge in [0.25, 0.3) is 5.91 Å². The molecular weight excluding hydrogens is 380 g/mol. The molecular formula is C23H24N4O3. The van der Waals surface area contributed by atoms with Crippen molar-refractivity contribution < 1.29 is 14.1 Å². The number of rotatable bonds is 5. The molecule has 2 heterocycles. The van der Waals surface area contributed by atoms with Crippen molar-refractivity contribution in [2.75, 3.05) is 38.0 Å². The molecule has 3 aromatic rings. The van der Waals surface area contributed by atoms with Crippen LogP contribution in [0.1, 0.15) is 16.1 Å². The first kappa shape index (κ1) is 19.8. The summed E-state index contributed by atoms with van der Waals surface area (Å²) in [4.78, 5) is 28.8. The minimum absolute atomic E-state index is 0.0565. The highest BCUT2D eigenvalue weighted by Gasteiger charge is 2.26. The van der Waals surface area contributed by atoms with Crippen LogP contribution < -0.4 is 5.32 Å². The molecule has 0 bridgehead atoms. The number of benzene rings is 2. The number of amides is 2. The van der Waals surface area contributed by atoms with Crippen molar-refractivity contribution in [2.24, 2.45) is 0 Å². The molecule has 1 fully saturated rings. The van der Waals surface area contributed by atoms with E-state index < -0.39 is 0 Å².